The zero-order chi connectivity index (χ0) is 31.5. The lowest BCUT2D eigenvalue weighted by Crippen LogP contribution is -2.48. The van der Waals surface area contributed by atoms with Crippen molar-refractivity contribution in [3.63, 3.8) is 0 Å². The normalized spacial score (nSPS) is 23.2. The first-order valence-corrected chi connectivity index (χ1v) is 16.2. The standard InChI is InChI=1S/C34H47N3O8/c38-24-26-9-11-27(12-10-26)30-21-29(23-37-17-15-34(16-18-37)42-19-20-43-34)44-33(45-30)28-13-7-25(8-14-28)22-35-31(39)5-3-1-2-4-6-32(40)36-41/h7-14,29-30,33,38,41H,1-6,15-24H2,(H,35,39)(H,36,40)/t29-,30+,33+/m0/s1. The van der Waals surface area contributed by atoms with Crippen molar-refractivity contribution < 1.29 is 38.9 Å². The van der Waals surface area contributed by atoms with Gasteiger partial charge in [0.2, 0.25) is 11.8 Å². The summed E-state index contributed by atoms with van der Waals surface area (Å²) in [5.74, 6) is -0.788. The molecule has 11 heteroatoms. The Morgan fingerprint density at radius 2 is 1.44 bits per heavy atom. The Balaban J connectivity index is 1.13. The Hall–Kier alpha value is -2.90. The van der Waals surface area contributed by atoms with Crippen molar-refractivity contribution in [2.24, 2.45) is 0 Å². The SMILES string of the molecule is O=C(CCCCCCC(=O)NCc1ccc([C@@H]2O[C@H](CN3CCC4(CC3)OCCO4)C[C@H](c3ccc(CO)cc3)O2)cc1)NO. The number of hydrogen-bond donors (Lipinski definition) is 4. The highest BCUT2D eigenvalue weighted by atomic mass is 16.7. The van der Waals surface area contributed by atoms with Crippen molar-refractivity contribution >= 4 is 11.8 Å². The van der Waals surface area contributed by atoms with Crippen LogP contribution in [0, 0.1) is 0 Å². The first-order chi connectivity index (χ1) is 21.9. The molecule has 3 heterocycles. The lowest BCUT2D eigenvalue weighted by Gasteiger charge is -2.41. The number of nitrogens with one attached hydrogen (secondary N) is 2. The number of ether oxygens (including phenoxy) is 4. The van der Waals surface area contributed by atoms with E-state index in [0.717, 1.165) is 80.4 Å². The van der Waals surface area contributed by atoms with Gasteiger partial charge in [-0.15, -0.1) is 0 Å². The summed E-state index contributed by atoms with van der Waals surface area (Å²) in [7, 11) is 0. The minimum atomic E-state index is -0.531. The van der Waals surface area contributed by atoms with Crippen LogP contribution in [-0.2, 0) is 41.7 Å². The fourth-order valence-corrected chi connectivity index (χ4v) is 6.25. The summed E-state index contributed by atoms with van der Waals surface area (Å²) >= 11 is 0. The number of aliphatic hydroxyl groups excluding tert-OH is 1. The van der Waals surface area contributed by atoms with E-state index in [2.05, 4.69) is 10.2 Å². The Morgan fingerprint density at radius 1 is 0.822 bits per heavy atom. The van der Waals surface area contributed by atoms with Gasteiger partial charge in [-0.25, -0.2) is 5.48 Å². The van der Waals surface area contributed by atoms with Gasteiger partial charge in [0.25, 0.3) is 0 Å². The third-order valence-corrected chi connectivity index (χ3v) is 8.93. The number of amides is 2. The van der Waals surface area contributed by atoms with Crippen LogP contribution in [-0.4, -0.2) is 71.8 Å². The largest absolute Gasteiger partial charge is 0.392 e. The molecule has 0 aliphatic carbocycles. The summed E-state index contributed by atoms with van der Waals surface area (Å²) < 4.78 is 24.9. The number of likely N-dealkylation sites (tertiary alicyclic amines) is 1. The maximum absolute atomic E-state index is 12.3. The molecule has 3 atom stereocenters. The van der Waals surface area contributed by atoms with E-state index in [9.17, 15) is 14.7 Å². The number of hydrogen-bond acceptors (Lipinski definition) is 9. The monoisotopic (exact) mass is 625 g/mol. The zero-order valence-corrected chi connectivity index (χ0v) is 26.0. The predicted molar refractivity (Wildman–Crippen MR) is 165 cm³/mol. The second kappa shape index (κ2) is 16.6. The van der Waals surface area contributed by atoms with Gasteiger partial charge in [-0.2, -0.15) is 0 Å². The number of piperidine rings is 1. The summed E-state index contributed by atoms with van der Waals surface area (Å²) in [6.45, 7) is 4.37. The molecule has 0 unspecified atom stereocenters. The van der Waals surface area contributed by atoms with Gasteiger partial charge in [-0.3, -0.25) is 14.8 Å². The lowest BCUT2D eigenvalue weighted by molar-refractivity contribution is -0.255. The molecule has 0 radical (unpaired) electrons. The molecule has 2 aromatic rings. The fraction of sp³-hybridized carbons (Fsp3) is 0.588. The Labute approximate surface area is 265 Å². The quantitative estimate of drug-likeness (QED) is 0.139. The Bertz CT molecular complexity index is 1210. The van der Waals surface area contributed by atoms with E-state index in [0.29, 0.717) is 39.0 Å². The van der Waals surface area contributed by atoms with Crippen molar-refractivity contribution in [3.8, 4) is 0 Å². The minimum Gasteiger partial charge on any atom is -0.392 e. The maximum Gasteiger partial charge on any atom is 0.243 e. The number of unbranched alkanes of at least 4 members (excludes halogenated alkanes) is 3. The summed E-state index contributed by atoms with van der Waals surface area (Å²) in [5.41, 5.74) is 5.47. The van der Waals surface area contributed by atoms with Gasteiger partial charge in [0, 0.05) is 63.8 Å². The molecule has 3 aliphatic heterocycles. The van der Waals surface area contributed by atoms with Gasteiger partial charge in [-0.05, 0) is 29.5 Å². The van der Waals surface area contributed by atoms with Crippen LogP contribution in [0.4, 0.5) is 0 Å². The highest BCUT2D eigenvalue weighted by Gasteiger charge is 2.41. The van der Waals surface area contributed by atoms with Gasteiger partial charge in [-0.1, -0.05) is 61.4 Å². The first kappa shape index (κ1) is 33.5. The Morgan fingerprint density at radius 3 is 2.09 bits per heavy atom. The van der Waals surface area contributed by atoms with Crippen LogP contribution >= 0.6 is 0 Å². The van der Waals surface area contributed by atoms with Gasteiger partial charge in [0.15, 0.2) is 12.1 Å². The molecule has 11 nitrogen and oxygen atoms in total. The van der Waals surface area contributed by atoms with Crippen molar-refractivity contribution in [2.75, 3.05) is 32.8 Å². The highest BCUT2D eigenvalue weighted by molar-refractivity contribution is 5.75. The molecule has 3 aliphatic rings. The van der Waals surface area contributed by atoms with Crippen LogP contribution in [0.15, 0.2) is 48.5 Å². The summed E-state index contributed by atoms with van der Waals surface area (Å²) in [6, 6.07) is 15.9. The number of benzene rings is 2. The molecule has 0 saturated carbocycles. The van der Waals surface area contributed by atoms with Crippen LogP contribution in [0.2, 0.25) is 0 Å². The van der Waals surface area contributed by atoms with E-state index in [1.807, 2.05) is 48.5 Å². The third-order valence-electron chi connectivity index (χ3n) is 8.93. The zero-order valence-electron chi connectivity index (χ0n) is 26.0. The number of rotatable bonds is 14. The van der Waals surface area contributed by atoms with E-state index in [1.165, 1.54) is 0 Å². The number of carbonyl (C=O) groups excluding carboxylic acids is 2. The first-order valence-electron chi connectivity index (χ1n) is 16.2. The molecule has 3 fully saturated rings. The fourth-order valence-electron chi connectivity index (χ4n) is 6.25. The van der Waals surface area contributed by atoms with Crippen LogP contribution in [0.3, 0.4) is 0 Å². The van der Waals surface area contributed by atoms with Gasteiger partial charge < -0.3 is 34.3 Å². The Kier molecular flexibility index (Phi) is 12.3. The van der Waals surface area contributed by atoms with E-state index >= 15 is 0 Å². The van der Waals surface area contributed by atoms with Gasteiger partial charge in [0.1, 0.15) is 0 Å². The van der Waals surface area contributed by atoms with Crippen LogP contribution in [0.5, 0.6) is 0 Å². The predicted octanol–water partition coefficient (Wildman–Crippen LogP) is 4.03. The summed E-state index contributed by atoms with van der Waals surface area (Å²) in [4.78, 5) is 25.8. The number of hydroxylamine groups is 1. The van der Waals surface area contributed by atoms with Crippen LogP contribution in [0.1, 0.15) is 92.4 Å². The number of nitrogens with zero attached hydrogens (tertiary/aromatic N) is 1. The molecule has 45 heavy (non-hydrogen) atoms. The topological polar surface area (TPSA) is 139 Å². The molecular weight excluding hydrogens is 578 g/mol. The molecule has 2 aromatic carbocycles. The summed E-state index contributed by atoms with van der Waals surface area (Å²) in [6.07, 6.45) is 5.60. The van der Waals surface area contributed by atoms with Crippen molar-refractivity contribution in [2.45, 2.75) is 95.2 Å². The number of carbonyl (C=O) groups is 2. The van der Waals surface area contributed by atoms with Crippen molar-refractivity contribution in [3.05, 3.63) is 70.8 Å². The number of aliphatic hydroxyl groups is 1. The van der Waals surface area contributed by atoms with Gasteiger partial charge in [0.05, 0.1) is 32.0 Å². The van der Waals surface area contributed by atoms with E-state index in [1.54, 1.807) is 5.48 Å². The molecule has 2 amide bonds. The van der Waals surface area contributed by atoms with Crippen molar-refractivity contribution in [1.29, 1.82) is 0 Å². The molecular formula is C34H47N3O8. The molecule has 3 saturated heterocycles. The molecule has 5 rings (SSSR count). The maximum atomic E-state index is 12.3. The van der Waals surface area contributed by atoms with Crippen LogP contribution in [0.25, 0.3) is 0 Å². The van der Waals surface area contributed by atoms with Gasteiger partial charge >= 0.3 is 0 Å². The molecule has 0 bridgehead atoms. The average Bonchev–Trinajstić information content (AvgIpc) is 3.54. The van der Waals surface area contributed by atoms with E-state index in [4.69, 9.17) is 24.2 Å². The second-order valence-corrected chi connectivity index (χ2v) is 12.2. The smallest absolute Gasteiger partial charge is 0.243 e. The lowest BCUT2D eigenvalue weighted by atomic mass is 9.98. The molecule has 246 valence electrons. The summed E-state index contributed by atoms with van der Waals surface area (Å²) in [5, 5.41) is 21.0. The van der Waals surface area contributed by atoms with E-state index in [-0.39, 0.29) is 30.6 Å². The molecule has 1 spiro atoms. The minimum absolute atomic E-state index is 0.00119. The molecule has 0 aromatic heterocycles. The van der Waals surface area contributed by atoms with E-state index < -0.39 is 12.1 Å². The molecule has 4 N–H and O–H groups in total. The third kappa shape index (κ3) is 9.79. The average molecular weight is 626 g/mol. The van der Waals surface area contributed by atoms with Crippen LogP contribution < -0.4 is 10.8 Å². The highest BCUT2D eigenvalue weighted by Crippen LogP contribution is 2.39. The second-order valence-electron chi connectivity index (χ2n) is 12.2. The van der Waals surface area contributed by atoms with Crippen molar-refractivity contribution in [1.82, 2.24) is 15.7 Å².